The number of ether oxygens (including phenoxy) is 1. The van der Waals surface area contributed by atoms with Crippen LogP contribution in [0, 0.1) is 0 Å². The molecule has 0 aromatic heterocycles. The quantitative estimate of drug-likeness (QED) is 0.229. The molecule has 1 N–H and O–H groups in total. The molecule has 1 atom stereocenters. The molecule has 0 fully saturated rings. The second kappa shape index (κ2) is 8.85. The Morgan fingerprint density at radius 1 is 1.53 bits per heavy atom. The summed E-state index contributed by atoms with van der Waals surface area (Å²) in [4.78, 5) is 10.5. The van der Waals surface area contributed by atoms with Crippen LogP contribution in [0.5, 0.6) is 0 Å². The van der Waals surface area contributed by atoms with E-state index < -0.39 is 4.93 Å². The number of hydrogen-bond donors (Lipinski definition) is 1. The number of carbonyl (C=O) groups is 1. The highest BCUT2D eigenvalue weighted by Crippen LogP contribution is 2.31. The molecule has 0 spiro atoms. The van der Waals surface area contributed by atoms with Crippen molar-refractivity contribution in [3.05, 3.63) is 12.2 Å². The molecule has 17 heavy (non-hydrogen) atoms. The molecular weight excluding hydrogens is 260 g/mol. The summed E-state index contributed by atoms with van der Waals surface area (Å²) >= 11 is 1.98. The van der Waals surface area contributed by atoms with Gasteiger partial charge in [0.25, 0.3) is 0 Å². The van der Waals surface area contributed by atoms with Gasteiger partial charge < -0.3 is 9.29 Å². The fourth-order valence-corrected chi connectivity index (χ4v) is 1.79. The van der Waals surface area contributed by atoms with E-state index in [9.17, 15) is 4.79 Å². The highest BCUT2D eigenvalue weighted by molar-refractivity contribution is 7.97. The molecule has 1 unspecified atom stereocenters. The van der Waals surface area contributed by atoms with Crippen LogP contribution in [0.2, 0.25) is 0 Å². The molecular formula is C11H20O4S2. The molecule has 0 aliphatic carbocycles. The minimum atomic E-state index is -0.570. The zero-order chi connectivity index (χ0) is 13.3. The normalized spacial score (nSPS) is 14.1. The molecule has 0 amide bonds. The van der Waals surface area contributed by atoms with Gasteiger partial charge in [-0.2, -0.15) is 0 Å². The van der Waals surface area contributed by atoms with Crippen LogP contribution in [0.1, 0.15) is 33.6 Å². The van der Waals surface area contributed by atoms with Gasteiger partial charge in [-0.15, -0.1) is 0 Å². The minimum absolute atomic E-state index is 0.358. The number of rotatable bonds is 9. The molecule has 0 rings (SSSR count). The first-order valence-electron chi connectivity index (χ1n) is 5.41. The van der Waals surface area contributed by atoms with E-state index >= 15 is 0 Å². The summed E-state index contributed by atoms with van der Waals surface area (Å²) in [6, 6.07) is 0. The van der Waals surface area contributed by atoms with Gasteiger partial charge in [0.15, 0.2) is 0 Å². The Bertz CT molecular complexity index is 252. The molecule has 0 bridgehead atoms. The van der Waals surface area contributed by atoms with Gasteiger partial charge in [-0.25, -0.2) is 4.79 Å². The maximum Gasteiger partial charge on any atom is 0.333 e. The molecule has 0 saturated carbocycles. The van der Waals surface area contributed by atoms with Crippen molar-refractivity contribution in [3.63, 3.8) is 0 Å². The summed E-state index contributed by atoms with van der Waals surface area (Å²) in [5, 5.41) is 0. The van der Waals surface area contributed by atoms with Crippen LogP contribution < -0.4 is 0 Å². The van der Waals surface area contributed by atoms with E-state index in [2.05, 4.69) is 6.58 Å². The van der Waals surface area contributed by atoms with E-state index in [4.69, 9.17) is 13.5 Å². The van der Waals surface area contributed by atoms with Crippen LogP contribution in [-0.4, -0.2) is 27.8 Å². The third-order valence-electron chi connectivity index (χ3n) is 2.02. The summed E-state index contributed by atoms with van der Waals surface area (Å²) in [6.45, 7) is 9.23. The lowest BCUT2D eigenvalue weighted by Gasteiger charge is -2.22. The molecule has 0 aliphatic heterocycles. The van der Waals surface area contributed by atoms with Gasteiger partial charge in [0.2, 0.25) is 0 Å². The molecule has 4 nitrogen and oxygen atoms in total. The van der Waals surface area contributed by atoms with Crippen LogP contribution in [0.15, 0.2) is 12.2 Å². The highest BCUT2D eigenvalue weighted by atomic mass is 32.2. The smallest absolute Gasteiger partial charge is 0.333 e. The fourth-order valence-electron chi connectivity index (χ4n) is 0.711. The van der Waals surface area contributed by atoms with Crippen LogP contribution >= 0.6 is 24.1 Å². The van der Waals surface area contributed by atoms with Gasteiger partial charge in [-0.1, -0.05) is 13.5 Å². The van der Waals surface area contributed by atoms with Crippen molar-refractivity contribution in [2.75, 3.05) is 12.4 Å². The first-order chi connectivity index (χ1) is 7.95. The number of carbonyl (C=O) groups excluding carboxylic acids is 1. The predicted molar refractivity (Wildman–Crippen MR) is 72.8 cm³/mol. The second-order valence-corrected chi connectivity index (χ2v) is 5.61. The Morgan fingerprint density at radius 2 is 2.18 bits per heavy atom. The van der Waals surface area contributed by atoms with Crippen LogP contribution in [0.25, 0.3) is 0 Å². The van der Waals surface area contributed by atoms with Crippen LogP contribution in [0.3, 0.4) is 0 Å². The van der Waals surface area contributed by atoms with Crippen molar-refractivity contribution in [2.45, 2.75) is 38.5 Å². The van der Waals surface area contributed by atoms with Crippen molar-refractivity contribution in [1.82, 2.24) is 0 Å². The molecule has 6 heteroatoms. The van der Waals surface area contributed by atoms with E-state index in [1.807, 2.05) is 13.8 Å². The minimum Gasteiger partial charge on any atom is -0.462 e. The standard InChI is InChI=1S/C11H20O4S2/c1-5-11(4,17-13)15-16-8-6-7-14-10(12)9(2)3/h13H,2,5-8H2,1,3-4H3. The topological polar surface area (TPSA) is 55.8 Å². The van der Waals surface area contributed by atoms with Crippen molar-refractivity contribution >= 4 is 30.1 Å². The summed E-state index contributed by atoms with van der Waals surface area (Å²) in [5.41, 5.74) is 0.407. The van der Waals surface area contributed by atoms with Crippen molar-refractivity contribution in [2.24, 2.45) is 0 Å². The van der Waals surface area contributed by atoms with E-state index in [0.29, 0.717) is 42.8 Å². The Hall–Kier alpha value is -0.170. The van der Waals surface area contributed by atoms with E-state index in [-0.39, 0.29) is 5.97 Å². The molecule has 100 valence electrons. The first-order valence-corrected chi connectivity index (χ1v) is 7.09. The Labute approximate surface area is 112 Å². The monoisotopic (exact) mass is 280 g/mol. The Kier molecular flexibility index (Phi) is 8.77. The third kappa shape index (κ3) is 7.70. The third-order valence-corrected chi connectivity index (χ3v) is 3.83. The molecule has 0 aromatic rings. The van der Waals surface area contributed by atoms with Crippen LogP contribution in [0.4, 0.5) is 0 Å². The van der Waals surface area contributed by atoms with Crippen LogP contribution in [-0.2, 0) is 13.7 Å². The average Bonchev–Trinajstić information content (AvgIpc) is 2.32. The van der Waals surface area contributed by atoms with E-state index in [1.165, 1.54) is 12.0 Å². The average molecular weight is 280 g/mol. The lowest BCUT2D eigenvalue weighted by molar-refractivity contribution is -0.138. The Morgan fingerprint density at radius 3 is 2.65 bits per heavy atom. The zero-order valence-electron chi connectivity index (χ0n) is 10.5. The predicted octanol–water partition coefficient (Wildman–Crippen LogP) is 3.49. The highest BCUT2D eigenvalue weighted by Gasteiger charge is 2.23. The Balaban J connectivity index is 3.53. The van der Waals surface area contributed by atoms with Gasteiger partial charge in [-0.05, 0) is 38.7 Å². The van der Waals surface area contributed by atoms with E-state index in [0.717, 1.165) is 0 Å². The summed E-state index contributed by atoms with van der Waals surface area (Å²) in [6.07, 6.45) is 1.42. The molecule has 0 heterocycles. The first kappa shape index (κ1) is 16.8. The lowest BCUT2D eigenvalue weighted by atomic mass is 10.3. The van der Waals surface area contributed by atoms with Gasteiger partial charge in [-0.3, -0.25) is 4.18 Å². The lowest BCUT2D eigenvalue weighted by Crippen LogP contribution is -2.19. The van der Waals surface area contributed by atoms with Crippen molar-refractivity contribution in [1.29, 1.82) is 0 Å². The fraction of sp³-hybridized carbons (Fsp3) is 0.727. The summed E-state index contributed by atoms with van der Waals surface area (Å²) in [5.74, 6) is 0.347. The van der Waals surface area contributed by atoms with Gasteiger partial charge in [0, 0.05) is 23.4 Å². The van der Waals surface area contributed by atoms with Gasteiger partial charge >= 0.3 is 5.97 Å². The molecule has 0 aliphatic rings. The maximum absolute atomic E-state index is 11.0. The van der Waals surface area contributed by atoms with Crippen molar-refractivity contribution in [3.8, 4) is 0 Å². The summed E-state index contributed by atoms with van der Waals surface area (Å²) < 4.78 is 19.4. The number of hydrogen-bond acceptors (Lipinski definition) is 6. The molecule has 0 radical (unpaired) electrons. The molecule has 0 aromatic carbocycles. The number of esters is 1. The maximum atomic E-state index is 11.0. The SMILES string of the molecule is C=C(C)C(=O)OCCCSOC(C)(CC)SO. The second-order valence-electron chi connectivity index (χ2n) is 3.75. The van der Waals surface area contributed by atoms with Gasteiger partial charge in [0.05, 0.1) is 6.61 Å². The van der Waals surface area contributed by atoms with E-state index in [1.54, 1.807) is 6.92 Å². The molecule has 0 saturated heterocycles. The zero-order valence-corrected chi connectivity index (χ0v) is 12.2. The largest absolute Gasteiger partial charge is 0.462 e. The summed E-state index contributed by atoms with van der Waals surface area (Å²) in [7, 11) is 0. The van der Waals surface area contributed by atoms with Gasteiger partial charge in [0.1, 0.15) is 4.93 Å². The van der Waals surface area contributed by atoms with Crippen molar-refractivity contribution < 1.29 is 18.3 Å².